The lowest BCUT2D eigenvalue weighted by Gasteiger charge is -2.34. The normalized spacial score (nSPS) is 16.6. The minimum absolute atomic E-state index is 0.224. The van der Waals surface area contributed by atoms with Crippen LogP contribution in [0.3, 0.4) is 0 Å². The molecule has 0 atom stereocenters. The van der Waals surface area contributed by atoms with Gasteiger partial charge in [0.1, 0.15) is 0 Å². The first-order valence-corrected chi connectivity index (χ1v) is 8.50. The molecular weight excluding hydrogens is 272 g/mol. The Labute approximate surface area is 125 Å². The van der Waals surface area contributed by atoms with E-state index in [0.717, 1.165) is 49.7 Å². The van der Waals surface area contributed by atoms with Gasteiger partial charge in [-0.05, 0) is 20.1 Å². The Balaban J connectivity index is 1.83. The molecule has 6 heteroatoms. The van der Waals surface area contributed by atoms with E-state index >= 15 is 0 Å². The van der Waals surface area contributed by atoms with Crippen molar-refractivity contribution in [2.24, 2.45) is 0 Å². The maximum atomic E-state index is 12.4. The van der Waals surface area contributed by atoms with Crippen LogP contribution in [-0.4, -0.2) is 70.6 Å². The second-order valence-electron chi connectivity index (χ2n) is 5.30. The number of H-pyrrole nitrogens is 1. The van der Waals surface area contributed by atoms with Gasteiger partial charge >= 0.3 is 0 Å². The van der Waals surface area contributed by atoms with Gasteiger partial charge in [-0.25, -0.2) is 0 Å². The summed E-state index contributed by atoms with van der Waals surface area (Å²) in [6.07, 6.45) is 2.61. The standard InChI is InChI=1S/C14H24N4OS/c1-11-13(12(2)16-15-11)10-14(19)18-6-4-17(5-7-18)8-9-20-3/h4-10H2,1-3H3,(H,15,16). The average Bonchev–Trinajstić information content (AvgIpc) is 2.77. The largest absolute Gasteiger partial charge is 0.340 e. The van der Waals surface area contributed by atoms with E-state index in [1.54, 1.807) is 0 Å². The van der Waals surface area contributed by atoms with Crippen LogP contribution < -0.4 is 0 Å². The predicted octanol–water partition coefficient (Wildman–Crippen LogP) is 1.08. The maximum absolute atomic E-state index is 12.4. The van der Waals surface area contributed by atoms with Gasteiger partial charge in [-0.2, -0.15) is 16.9 Å². The molecule has 1 aromatic rings. The summed E-state index contributed by atoms with van der Waals surface area (Å²) in [7, 11) is 0. The average molecular weight is 296 g/mol. The van der Waals surface area contributed by atoms with Crippen molar-refractivity contribution in [3.63, 3.8) is 0 Å². The zero-order valence-electron chi connectivity index (χ0n) is 12.6. The molecule has 0 aliphatic carbocycles. The molecule has 1 amide bonds. The van der Waals surface area contributed by atoms with Gasteiger partial charge < -0.3 is 4.90 Å². The van der Waals surface area contributed by atoms with E-state index in [9.17, 15) is 4.79 Å². The minimum Gasteiger partial charge on any atom is -0.340 e. The molecule has 1 N–H and O–H groups in total. The van der Waals surface area contributed by atoms with Crippen molar-refractivity contribution in [3.8, 4) is 0 Å². The van der Waals surface area contributed by atoms with E-state index in [1.807, 2.05) is 30.5 Å². The topological polar surface area (TPSA) is 52.2 Å². The van der Waals surface area contributed by atoms with Crippen molar-refractivity contribution in [3.05, 3.63) is 17.0 Å². The highest BCUT2D eigenvalue weighted by atomic mass is 32.2. The van der Waals surface area contributed by atoms with E-state index in [-0.39, 0.29) is 5.91 Å². The summed E-state index contributed by atoms with van der Waals surface area (Å²) in [4.78, 5) is 16.8. The van der Waals surface area contributed by atoms with E-state index in [1.165, 1.54) is 5.75 Å². The van der Waals surface area contributed by atoms with Gasteiger partial charge in [0.2, 0.25) is 5.91 Å². The molecule has 1 aliphatic heterocycles. The maximum Gasteiger partial charge on any atom is 0.227 e. The molecule has 20 heavy (non-hydrogen) atoms. The third-order valence-electron chi connectivity index (χ3n) is 3.95. The molecule has 2 heterocycles. The molecule has 0 bridgehead atoms. The molecule has 1 saturated heterocycles. The molecule has 0 radical (unpaired) electrons. The summed E-state index contributed by atoms with van der Waals surface area (Å²) >= 11 is 1.88. The summed E-state index contributed by atoms with van der Waals surface area (Å²) < 4.78 is 0. The number of carbonyl (C=O) groups excluding carboxylic acids is 1. The highest BCUT2D eigenvalue weighted by Crippen LogP contribution is 2.12. The van der Waals surface area contributed by atoms with Crippen molar-refractivity contribution < 1.29 is 4.79 Å². The molecular formula is C14H24N4OS. The van der Waals surface area contributed by atoms with Crippen LogP contribution in [0, 0.1) is 13.8 Å². The number of thioether (sulfide) groups is 1. The molecule has 1 fully saturated rings. The Bertz CT molecular complexity index is 433. The fraction of sp³-hybridized carbons (Fsp3) is 0.714. The Kier molecular flexibility index (Phi) is 5.48. The van der Waals surface area contributed by atoms with E-state index < -0.39 is 0 Å². The van der Waals surface area contributed by atoms with Crippen molar-refractivity contribution >= 4 is 17.7 Å². The molecule has 1 aromatic heterocycles. The summed E-state index contributed by atoms with van der Waals surface area (Å²) in [5, 5.41) is 7.10. The van der Waals surface area contributed by atoms with Crippen LogP contribution in [0.15, 0.2) is 0 Å². The van der Waals surface area contributed by atoms with Gasteiger partial charge in [0.15, 0.2) is 0 Å². The van der Waals surface area contributed by atoms with Crippen LogP contribution in [0.25, 0.3) is 0 Å². The number of rotatable bonds is 5. The van der Waals surface area contributed by atoms with E-state index in [0.29, 0.717) is 6.42 Å². The quantitative estimate of drug-likeness (QED) is 0.883. The Morgan fingerprint density at radius 1 is 1.30 bits per heavy atom. The van der Waals surface area contributed by atoms with Crippen LogP contribution in [-0.2, 0) is 11.2 Å². The lowest BCUT2D eigenvalue weighted by Crippen LogP contribution is -2.49. The van der Waals surface area contributed by atoms with Crippen LogP contribution in [0.5, 0.6) is 0 Å². The number of nitrogens with one attached hydrogen (secondary N) is 1. The Morgan fingerprint density at radius 3 is 2.55 bits per heavy atom. The van der Waals surface area contributed by atoms with Gasteiger partial charge in [0.05, 0.1) is 12.1 Å². The predicted molar refractivity (Wildman–Crippen MR) is 83.2 cm³/mol. The minimum atomic E-state index is 0.224. The van der Waals surface area contributed by atoms with E-state index in [4.69, 9.17) is 0 Å². The second kappa shape index (κ2) is 7.13. The zero-order valence-corrected chi connectivity index (χ0v) is 13.4. The number of hydrogen-bond acceptors (Lipinski definition) is 4. The Morgan fingerprint density at radius 2 is 2.00 bits per heavy atom. The van der Waals surface area contributed by atoms with Crippen molar-refractivity contribution in [2.75, 3.05) is 44.7 Å². The number of hydrogen-bond donors (Lipinski definition) is 1. The number of aromatic nitrogens is 2. The summed E-state index contributed by atoms with van der Waals surface area (Å²) in [6, 6.07) is 0. The van der Waals surface area contributed by atoms with Crippen LogP contribution in [0.4, 0.5) is 0 Å². The molecule has 0 unspecified atom stereocenters. The van der Waals surface area contributed by atoms with Crippen LogP contribution in [0.2, 0.25) is 0 Å². The number of carbonyl (C=O) groups is 1. The highest BCUT2D eigenvalue weighted by molar-refractivity contribution is 7.98. The Hall–Kier alpha value is -1.01. The van der Waals surface area contributed by atoms with Crippen molar-refractivity contribution in [2.45, 2.75) is 20.3 Å². The van der Waals surface area contributed by atoms with Crippen molar-refractivity contribution in [1.82, 2.24) is 20.0 Å². The number of amides is 1. The fourth-order valence-electron chi connectivity index (χ4n) is 2.54. The fourth-order valence-corrected chi connectivity index (χ4v) is 2.98. The molecule has 112 valence electrons. The summed E-state index contributed by atoms with van der Waals surface area (Å²) in [5.74, 6) is 1.39. The van der Waals surface area contributed by atoms with Crippen LogP contribution in [0.1, 0.15) is 17.0 Å². The number of nitrogens with zero attached hydrogens (tertiary/aromatic N) is 3. The summed E-state index contributed by atoms with van der Waals surface area (Å²) in [5.41, 5.74) is 3.00. The third kappa shape index (κ3) is 3.76. The number of aryl methyl sites for hydroxylation is 2. The first-order chi connectivity index (χ1) is 9.61. The monoisotopic (exact) mass is 296 g/mol. The lowest BCUT2D eigenvalue weighted by atomic mass is 10.1. The molecule has 0 spiro atoms. The number of aromatic amines is 1. The first kappa shape index (κ1) is 15.4. The van der Waals surface area contributed by atoms with Gasteiger partial charge in [0.25, 0.3) is 0 Å². The molecule has 1 aliphatic rings. The summed E-state index contributed by atoms with van der Waals surface area (Å²) in [6.45, 7) is 8.75. The lowest BCUT2D eigenvalue weighted by molar-refractivity contribution is -0.132. The molecule has 5 nitrogen and oxygen atoms in total. The third-order valence-corrected chi connectivity index (χ3v) is 4.54. The number of piperazine rings is 1. The zero-order chi connectivity index (χ0) is 14.5. The smallest absolute Gasteiger partial charge is 0.227 e. The van der Waals surface area contributed by atoms with Crippen LogP contribution >= 0.6 is 11.8 Å². The SMILES string of the molecule is CSCCN1CCN(C(=O)Cc2c(C)n[nH]c2C)CC1. The molecule has 2 rings (SSSR count). The van der Waals surface area contributed by atoms with Crippen molar-refractivity contribution in [1.29, 1.82) is 0 Å². The van der Waals surface area contributed by atoms with E-state index in [2.05, 4.69) is 21.4 Å². The highest BCUT2D eigenvalue weighted by Gasteiger charge is 2.22. The molecule has 0 saturated carbocycles. The van der Waals surface area contributed by atoms with Gasteiger partial charge in [-0.1, -0.05) is 0 Å². The van der Waals surface area contributed by atoms with Gasteiger partial charge in [-0.3, -0.25) is 14.8 Å². The molecule has 0 aromatic carbocycles. The first-order valence-electron chi connectivity index (χ1n) is 7.11. The van der Waals surface area contributed by atoms with Gasteiger partial charge in [0, 0.05) is 49.7 Å². The second-order valence-corrected chi connectivity index (χ2v) is 6.29. The van der Waals surface area contributed by atoms with Gasteiger partial charge in [-0.15, -0.1) is 0 Å².